The highest BCUT2D eigenvalue weighted by Gasteiger charge is 2.24. The molecule has 0 saturated heterocycles. The van der Waals surface area contributed by atoms with E-state index in [1.807, 2.05) is 12.1 Å². The maximum Gasteiger partial charge on any atom is 0.160 e. The van der Waals surface area contributed by atoms with E-state index < -0.39 is 0 Å². The summed E-state index contributed by atoms with van der Waals surface area (Å²) in [7, 11) is 0. The molecule has 2 heterocycles. The zero-order chi connectivity index (χ0) is 15.0. The maximum atomic E-state index is 12.3. The van der Waals surface area contributed by atoms with Crippen LogP contribution in [-0.4, -0.2) is 28.8 Å². The molecule has 1 aromatic carbocycles. The lowest BCUT2D eigenvalue weighted by molar-refractivity contribution is 0.101. The van der Waals surface area contributed by atoms with E-state index in [0.29, 0.717) is 0 Å². The summed E-state index contributed by atoms with van der Waals surface area (Å²) >= 11 is 0. The predicted octanol–water partition coefficient (Wildman–Crippen LogP) is 3.38. The molecule has 0 saturated carbocycles. The van der Waals surface area contributed by atoms with Crippen LogP contribution in [-0.2, 0) is 19.4 Å². The summed E-state index contributed by atoms with van der Waals surface area (Å²) in [6.45, 7) is 8.89. The third-order valence-corrected chi connectivity index (χ3v) is 4.51. The third kappa shape index (κ3) is 2.36. The molecular formula is C18H22N2O. The van der Waals surface area contributed by atoms with E-state index in [-0.39, 0.29) is 5.78 Å². The number of ketones is 1. The summed E-state index contributed by atoms with van der Waals surface area (Å²) in [5.41, 5.74) is 5.42. The molecule has 3 heteroatoms. The molecule has 3 rings (SSSR count). The average molecular weight is 282 g/mol. The molecule has 0 spiro atoms. The van der Waals surface area contributed by atoms with Gasteiger partial charge in [-0.3, -0.25) is 14.7 Å². The van der Waals surface area contributed by atoms with Crippen molar-refractivity contribution in [2.24, 2.45) is 0 Å². The molecule has 0 N–H and O–H groups in total. The van der Waals surface area contributed by atoms with Gasteiger partial charge in [-0.05, 0) is 31.0 Å². The lowest BCUT2D eigenvalue weighted by atomic mass is 9.92. The van der Waals surface area contributed by atoms with E-state index in [2.05, 4.69) is 24.8 Å². The van der Waals surface area contributed by atoms with Crippen molar-refractivity contribution in [2.75, 3.05) is 13.1 Å². The van der Waals surface area contributed by atoms with E-state index in [1.165, 1.54) is 5.56 Å². The molecule has 1 aliphatic rings. The Morgan fingerprint density at radius 2 is 2.14 bits per heavy atom. The topological polar surface area (TPSA) is 33.2 Å². The summed E-state index contributed by atoms with van der Waals surface area (Å²) in [4.78, 5) is 19.6. The first kappa shape index (κ1) is 14.2. The fraction of sp³-hybridized carbons (Fsp3) is 0.444. The van der Waals surface area contributed by atoms with Crippen LogP contribution < -0.4 is 0 Å². The van der Waals surface area contributed by atoms with Gasteiger partial charge in [0, 0.05) is 36.2 Å². The van der Waals surface area contributed by atoms with Gasteiger partial charge in [0.15, 0.2) is 5.78 Å². The van der Waals surface area contributed by atoms with Gasteiger partial charge in [0.2, 0.25) is 0 Å². The lowest BCUT2D eigenvalue weighted by Gasteiger charge is -2.29. The van der Waals surface area contributed by atoms with Crippen molar-refractivity contribution in [2.45, 2.75) is 40.2 Å². The van der Waals surface area contributed by atoms with Crippen LogP contribution in [0, 0.1) is 0 Å². The standard InChI is InChI=1S/C18H22N2O/c1-4-13-7-6-8-14-17(12(3)21)15-11-20(5-2)10-9-16(15)19-18(13)14/h6-8H,4-5,9-11H2,1-3H3. The van der Waals surface area contributed by atoms with Crippen molar-refractivity contribution in [3.63, 3.8) is 0 Å². The van der Waals surface area contributed by atoms with Gasteiger partial charge in [-0.2, -0.15) is 0 Å². The number of carbonyl (C=O) groups is 1. The van der Waals surface area contributed by atoms with Crippen LogP contribution in [0.2, 0.25) is 0 Å². The molecule has 3 nitrogen and oxygen atoms in total. The van der Waals surface area contributed by atoms with Gasteiger partial charge < -0.3 is 0 Å². The van der Waals surface area contributed by atoms with Crippen LogP contribution in [0.5, 0.6) is 0 Å². The van der Waals surface area contributed by atoms with E-state index in [0.717, 1.165) is 60.2 Å². The number of benzene rings is 1. The minimum atomic E-state index is 0.157. The molecule has 1 aromatic heterocycles. The second-order valence-electron chi connectivity index (χ2n) is 5.75. The third-order valence-electron chi connectivity index (χ3n) is 4.51. The van der Waals surface area contributed by atoms with Crippen molar-refractivity contribution in [1.82, 2.24) is 9.88 Å². The van der Waals surface area contributed by atoms with Crippen LogP contribution in [0.1, 0.15) is 48.0 Å². The quantitative estimate of drug-likeness (QED) is 0.809. The molecule has 0 radical (unpaired) electrons. The maximum absolute atomic E-state index is 12.3. The number of aromatic nitrogens is 1. The summed E-state index contributed by atoms with van der Waals surface area (Å²) in [6.07, 6.45) is 1.89. The van der Waals surface area contributed by atoms with Gasteiger partial charge in [-0.1, -0.05) is 32.0 Å². The molecule has 1 aliphatic heterocycles. The van der Waals surface area contributed by atoms with Gasteiger partial charge in [0.1, 0.15) is 0 Å². The molecule has 0 unspecified atom stereocenters. The number of nitrogens with zero attached hydrogens (tertiary/aromatic N) is 2. The Hall–Kier alpha value is -1.74. The number of Topliss-reactive ketones (excluding diaryl/α,β-unsaturated/α-hetero) is 1. The minimum absolute atomic E-state index is 0.157. The van der Waals surface area contributed by atoms with Crippen LogP contribution in [0.25, 0.3) is 10.9 Å². The van der Waals surface area contributed by atoms with E-state index >= 15 is 0 Å². The molecule has 0 atom stereocenters. The second-order valence-corrected chi connectivity index (χ2v) is 5.75. The number of carbonyl (C=O) groups excluding carboxylic acids is 1. The van der Waals surface area contributed by atoms with Crippen molar-refractivity contribution in [1.29, 1.82) is 0 Å². The molecule has 21 heavy (non-hydrogen) atoms. The van der Waals surface area contributed by atoms with E-state index in [4.69, 9.17) is 4.98 Å². The molecule has 0 fully saturated rings. The van der Waals surface area contributed by atoms with Gasteiger partial charge >= 0.3 is 0 Å². The highest BCUT2D eigenvalue weighted by atomic mass is 16.1. The molecule has 110 valence electrons. The van der Waals surface area contributed by atoms with Gasteiger partial charge in [0.25, 0.3) is 0 Å². The van der Waals surface area contributed by atoms with Gasteiger partial charge in [0.05, 0.1) is 5.52 Å². The Morgan fingerprint density at radius 3 is 2.81 bits per heavy atom. The smallest absolute Gasteiger partial charge is 0.160 e. The summed E-state index contributed by atoms with van der Waals surface area (Å²) in [6, 6.07) is 6.21. The number of hydrogen-bond donors (Lipinski definition) is 0. The zero-order valence-corrected chi connectivity index (χ0v) is 13.1. The minimum Gasteiger partial charge on any atom is -0.299 e. The number of pyridine rings is 1. The van der Waals surface area contributed by atoms with Crippen molar-refractivity contribution >= 4 is 16.7 Å². The van der Waals surface area contributed by atoms with Crippen LogP contribution in [0.4, 0.5) is 0 Å². The molecule has 2 aromatic rings. The van der Waals surface area contributed by atoms with Gasteiger partial charge in [-0.15, -0.1) is 0 Å². The number of para-hydroxylation sites is 1. The summed E-state index contributed by atoms with van der Waals surface area (Å²) < 4.78 is 0. The highest BCUT2D eigenvalue weighted by molar-refractivity contribution is 6.08. The first-order chi connectivity index (χ1) is 10.2. The van der Waals surface area contributed by atoms with Gasteiger partial charge in [-0.25, -0.2) is 0 Å². The number of aryl methyl sites for hydroxylation is 1. The number of fused-ring (bicyclic) bond motifs is 2. The molecule has 0 aliphatic carbocycles. The SMILES string of the molecule is CCc1cccc2c(C(C)=O)c3c(nc12)CCN(CC)C3. The zero-order valence-electron chi connectivity index (χ0n) is 13.1. The normalized spacial score (nSPS) is 15.2. The predicted molar refractivity (Wildman–Crippen MR) is 85.8 cm³/mol. The monoisotopic (exact) mass is 282 g/mol. The second kappa shape index (κ2) is 5.57. The first-order valence-corrected chi connectivity index (χ1v) is 7.82. The van der Waals surface area contributed by atoms with Crippen molar-refractivity contribution in [3.05, 3.63) is 40.6 Å². The van der Waals surface area contributed by atoms with Crippen LogP contribution in [0.15, 0.2) is 18.2 Å². The Kier molecular flexibility index (Phi) is 3.77. The largest absolute Gasteiger partial charge is 0.299 e. The Balaban J connectivity index is 2.31. The van der Waals surface area contributed by atoms with Crippen LogP contribution >= 0.6 is 0 Å². The summed E-state index contributed by atoms with van der Waals surface area (Å²) in [5.74, 6) is 0.157. The Bertz CT molecular complexity index is 706. The fourth-order valence-electron chi connectivity index (χ4n) is 3.34. The molecule has 0 bridgehead atoms. The summed E-state index contributed by atoms with van der Waals surface area (Å²) in [5, 5.41) is 1.03. The van der Waals surface area contributed by atoms with Crippen LogP contribution in [0.3, 0.4) is 0 Å². The molecule has 0 amide bonds. The Morgan fingerprint density at radius 1 is 1.33 bits per heavy atom. The van der Waals surface area contributed by atoms with Crippen molar-refractivity contribution < 1.29 is 4.79 Å². The van der Waals surface area contributed by atoms with E-state index in [9.17, 15) is 4.79 Å². The number of rotatable bonds is 3. The highest BCUT2D eigenvalue weighted by Crippen LogP contribution is 2.30. The lowest BCUT2D eigenvalue weighted by Crippen LogP contribution is -2.32. The fourth-order valence-corrected chi connectivity index (χ4v) is 3.34. The average Bonchev–Trinajstić information content (AvgIpc) is 2.51. The van der Waals surface area contributed by atoms with E-state index in [1.54, 1.807) is 6.92 Å². The Labute approximate surface area is 126 Å². The number of likely N-dealkylation sites (N-methyl/N-ethyl adjacent to an activating group) is 1. The molecular weight excluding hydrogens is 260 g/mol. The number of hydrogen-bond acceptors (Lipinski definition) is 3. The van der Waals surface area contributed by atoms with Crippen molar-refractivity contribution in [3.8, 4) is 0 Å². The first-order valence-electron chi connectivity index (χ1n) is 7.82.